The molecule has 0 saturated carbocycles. The van der Waals surface area contributed by atoms with Gasteiger partial charge in [0.15, 0.2) is 0 Å². The average Bonchev–Trinajstić information content (AvgIpc) is 3.01. The largest absolute Gasteiger partial charge is 0.369 e. The van der Waals surface area contributed by atoms with E-state index in [-0.39, 0.29) is 11.8 Å². The Hall–Kier alpha value is -4.75. The summed E-state index contributed by atoms with van der Waals surface area (Å²) in [5.41, 5.74) is 8.48. The molecule has 7 nitrogen and oxygen atoms in total. The van der Waals surface area contributed by atoms with Crippen LogP contribution in [0.15, 0.2) is 114 Å². The Balaban J connectivity index is 1.09. The molecule has 2 N–H and O–H groups in total. The van der Waals surface area contributed by atoms with E-state index < -0.39 is 0 Å². The number of rotatable bonds is 8. The first-order valence-electron chi connectivity index (χ1n) is 13.5. The lowest BCUT2D eigenvalue weighted by molar-refractivity contribution is 0.0954. The lowest BCUT2D eigenvalue weighted by Gasteiger charge is -2.36. The first-order chi connectivity index (χ1) is 19.5. The number of hydrogen-bond acceptors (Lipinski definition) is 5. The quantitative estimate of drug-likeness (QED) is 0.235. The molecule has 1 heterocycles. The standard InChI is InChI=1S/C33H33N5O2/c1-25(27-16-18-30(19-17-27)34-32(39)28-8-4-2-5-9-28)35-36-33(40)29-14-12-26(13-15-29)24-37-20-22-38(23-21-37)31-10-6-3-7-11-31/h2-19H,20-24H2,1H3,(H,34,39)(H,36,40)/b35-25-. The smallest absolute Gasteiger partial charge is 0.271 e. The molecule has 0 spiro atoms. The van der Waals surface area contributed by atoms with Gasteiger partial charge in [0.25, 0.3) is 11.8 Å². The van der Waals surface area contributed by atoms with Gasteiger partial charge in [0, 0.05) is 55.2 Å². The summed E-state index contributed by atoms with van der Waals surface area (Å²) in [6.45, 7) is 6.72. The molecule has 2 amide bonds. The molecule has 0 radical (unpaired) electrons. The Morgan fingerprint density at radius 1 is 0.675 bits per heavy atom. The second-order valence-corrected chi connectivity index (χ2v) is 9.83. The lowest BCUT2D eigenvalue weighted by atomic mass is 10.1. The minimum absolute atomic E-state index is 0.164. The third-order valence-corrected chi connectivity index (χ3v) is 7.04. The van der Waals surface area contributed by atoms with Gasteiger partial charge in [-0.05, 0) is 66.6 Å². The van der Waals surface area contributed by atoms with Crippen molar-refractivity contribution in [3.8, 4) is 0 Å². The second kappa shape index (κ2) is 12.9. The predicted molar refractivity (Wildman–Crippen MR) is 161 cm³/mol. The zero-order valence-corrected chi connectivity index (χ0v) is 22.6. The highest BCUT2D eigenvalue weighted by atomic mass is 16.2. The Labute approximate surface area is 235 Å². The van der Waals surface area contributed by atoms with Crippen LogP contribution in [0, 0.1) is 0 Å². The van der Waals surface area contributed by atoms with Crippen LogP contribution in [0.1, 0.15) is 38.8 Å². The maximum absolute atomic E-state index is 12.7. The van der Waals surface area contributed by atoms with Crippen LogP contribution in [-0.4, -0.2) is 48.6 Å². The average molecular weight is 532 g/mol. The third kappa shape index (κ3) is 7.01. The van der Waals surface area contributed by atoms with Gasteiger partial charge in [0.1, 0.15) is 0 Å². The minimum Gasteiger partial charge on any atom is -0.369 e. The lowest BCUT2D eigenvalue weighted by Crippen LogP contribution is -2.45. The first-order valence-corrected chi connectivity index (χ1v) is 13.5. The number of anilines is 2. The van der Waals surface area contributed by atoms with Crippen molar-refractivity contribution < 1.29 is 9.59 Å². The summed E-state index contributed by atoms with van der Waals surface area (Å²) in [6, 6.07) is 34.7. The maximum Gasteiger partial charge on any atom is 0.271 e. The number of hydrazone groups is 1. The van der Waals surface area contributed by atoms with Gasteiger partial charge >= 0.3 is 0 Å². The third-order valence-electron chi connectivity index (χ3n) is 7.04. The molecule has 0 unspecified atom stereocenters. The molecule has 202 valence electrons. The molecule has 5 rings (SSSR count). The van der Waals surface area contributed by atoms with E-state index in [2.05, 4.69) is 49.9 Å². The van der Waals surface area contributed by atoms with Crippen LogP contribution in [0.4, 0.5) is 11.4 Å². The van der Waals surface area contributed by atoms with Gasteiger partial charge in [-0.3, -0.25) is 14.5 Å². The van der Waals surface area contributed by atoms with Gasteiger partial charge in [0.05, 0.1) is 5.71 Å². The van der Waals surface area contributed by atoms with E-state index in [1.165, 1.54) is 11.3 Å². The molecule has 4 aromatic rings. The van der Waals surface area contributed by atoms with E-state index in [1.54, 1.807) is 12.1 Å². The number of nitrogens with one attached hydrogen (secondary N) is 2. The van der Waals surface area contributed by atoms with Gasteiger partial charge in [-0.25, -0.2) is 5.43 Å². The summed E-state index contributed by atoms with van der Waals surface area (Å²) in [6.07, 6.45) is 0. The molecule has 7 heteroatoms. The van der Waals surface area contributed by atoms with Crippen LogP contribution in [-0.2, 0) is 6.54 Å². The van der Waals surface area contributed by atoms with E-state index in [0.29, 0.717) is 22.5 Å². The molecule has 1 saturated heterocycles. The number of carbonyl (C=O) groups is 2. The fourth-order valence-electron chi connectivity index (χ4n) is 4.67. The number of benzene rings is 4. The van der Waals surface area contributed by atoms with Crippen molar-refractivity contribution in [1.29, 1.82) is 0 Å². The van der Waals surface area contributed by atoms with E-state index in [9.17, 15) is 9.59 Å². The normalized spacial score (nSPS) is 14.0. The molecule has 0 aliphatic carbocycles. The molecular weight excluding hydrogens is 498 g/mol. The van der Waals surface area contributed by atoms with Gasteiger partial charge in [-0.15, -0.1) is 0 Å². The SMILES string of the molecule is C/C(=N/NC(=O)c1ccc(CN2CCN(c3ccccc3)CC2)cc1)c1ccc(NC(=O)c2ccccc2)cc1. The zero-order valence-electron chi connectivity index (χ0n) is 22.6. The highest BCUT2D eigenvalue weighted by molar-refractivity contribution is 6.05. The molecule has 1 aliphatic rings. The van der Waals surface area contributed by atoms with Crippen molar-refractivity contribution in [2.75, 3.05) is 36.4 Å². The van der Waals surface area contributed by atoms with Gasteiger partial charge in [0.2, 0.25) is 0 Å². The number of carbonyl (C=O) groups excluding carboxylic acids is 2. The summed E-state index contributed by atoms with van der Waals surface area (Å²) in [5.74, 6) is -0.420. The Bertz CT molecular complexity index is 1440. The fraction of sp³-hybridized carbons (Fsp3) is 0.182. The van der Waals surface area contributed by atoms with E-state index >= 15 is 0 Å². The summed E-state index contributed by atoms with van der Waals surface area (Å²) >= 11 is 0. The van der Waals surface area contributed by atoms with Crippen molar-refractivity contribution in [3.63, 3.8) is 0 Å². The van der Waals surface area contributed by atoms with E-state index in [4.69, 9.17) is 0 Å². The summed E-state index contributed by atoms with van der Waals surface area (Å²) < 4.78 is 0. The van der Waals surface area contributed by atoms with Gasteiger partial charge < -0.3 is 10.2 Å². The number of hydrogen-bond donors (Lipinski definition) is 2. The first kappa shape index (κ1) is 26.8. The predicted octanol–water partition coefficient (Wildman–Crippen LogP) is 5.42. The van der Waals surface area contributed by atoms with Crippen molar-refractivity contribution in [3.05, 3.63) is 131 Å². The van der Waals surface area contributed by atoms with Crippen molar-refractivity contribution >= 4 is 28.9 Å². The summed E-state index contributed by atoms with van der Waals surface area (Å²) in [4.78, 5) is 29.9. The van der Waals surface area contributed by atoms with E-state index in [0.717, 1.165) is 38.3 Å². The molecule has 40 heavy (non-hydrogen) atoms. The van der Waals surface area contributed by atoms with Crippen LogP contribution >= 0.6 is 0 Å². The second-order valence-electron chi connectivity index (χ2n) is 9.83. The summed E-state index contributed by atoms with van der Waals surface area (Å²) in [5, 5.41) is 7.16. The topological polar surface area (TPSA) is 77.0 Å². The van der Waals surface area contributed by atoms with E-state index in [1.807, 2.05) is 79.7 Å². The maximum atomic E-state index is 12.7. The fourth-order valence-corrected chi connectivity index (χ4v) is 4.67. The highest BCUT2D eigenvalue weighted by Crippen LogP contribution is 2.17. The minimum atomic E-state index is -0.255. The number of amides is 2. The zero-order chi connectivity index (χ0) is 27.7. The number of piperazine rings is 1. The Kier molecular flexibility index (Phi) is 8.63. The van der Waals surface area contributed by atoms with Crippen molar-refractivity contribution in [1.82, 2.24) is 10.3 Å². The molecule has 1 aliphatic heterocycles. The van der Waals surface area contributed by atoms with Crippen LogP contribution in [0.5, 0.6) is 0 Å². The van der Waals surface area contributed by atoms with Crippen LogP contribution in [0.3, 0.4) is 0 Å². The van der Waals surface area contributed by atoms with Gasteiger partial charge in [-0.2, -0.15) is 5.10 Å². The Morgan fingerprint density at radius 2 is 1.25 bits per heavy atom. The molecule has 4 aromatic carbocycles. The molecule has 1 fully saturated rings. The number of para-hydroxylation sites is 1. The molecular formula is C33H33N5O2. The monoisotopic (exact) mass is 531 g/mol. The van der Waals surface area contributed by atoms with Crippen molar-refractivity contribution in [2.45, 2.75) is 13.5 Å². The molecule has 0 bridgehead atoms. The molecule has 0 aromatic heterocycles. The van der Waals surface area contributed by atoms with Gasteiger partial charge in [-0.1, -0.05) is 60.7 Å². The molecule has 0 atom stereocenters. The summed E-state index contributed by atoms with van der Waals surface area (Å²) in [7, 11) is 0. The highest BCUT2D eigenvalue weighted by Gasteiger charge is 2.17. The van der Waals surface area contributed by atoms with Crippen LogP contribution in [0.25, 0.3) is 0 Å². The number of nitrogens with zero attached hydrogens (tertiary/aromatic N) is 3. The van der Waals surface area contributed by atoms with Crippen LogP contribution < -0.4 is 15.6 Å². The Morgan fingerprint density at radius 3 is 1.90 bits per heavy atom. The van der Waals surface area contributed by atoms with Crippen molar-refractivity contribution in [2.24, 2.45) is 5.10 Å². The van der Waals surface area contributed by atoms with Crippen LogP contribution in [0.2, 0.25) is 0 Å².